The number of fused-ring (bicyclic) bond motifs is 1. The van der Waals surface area contributed by atoms with Crippen LogP contribution in [0.25, 0.3) is 22.3 Å². The number of anilines is 1. The van der Waals surface area contributed by atoms with E-state index in [-0.39, 0.29) is 0 Å². The first-order chi connectivity index (χ1) is 8.75. The summed E-state index contributed by atoms with van der Waals surface area (Å²) in [7, 11) is 0. The van der Waals surface area contributed by atoms with Crippen molar-refractivity contribution < 1.29 is 0 Å². The maximum absolute atomic E-state index is 6.14. The zero-order valence-electron chi connectivity index (χ0n) is 9.34. The highest BCUT2D eigenvalue weighted by molar-refractivity contribution is 6.35. The molecule has 18 heavy (non-hydrogen) atoms. The lowest BCUT2D eigenvalue weighted by molar-refractivity contribution is 1.18. The molecule has 0 saturated heterocycles. The number of nitrogen functional groups attached to an aromatic ring is 1. The van der Waals surface area contributed by atoms with Crippen molar-refractivity contribution in [2.24, 2.45) is 0 Å². The number of nitrogens with zero attached hydrogens (tertiary/aromatic N) is 3. The number of hydrogen-bond acceptors (Lipinski definition) is 4. The van der Waals surface area contributed by atoms with Gasteiger partial charge in [-0.05, 0) is 30.3 Å². The fourth-order valence-corrected chi connectivity index (χ4v) is 2.04. The lowest BCUT2D eigenvalue weighted by atomic mass is 10.1. The Morgan fingerprint density at radius 2 is 1.89 bits per heavy atom. The molecule has 0 aliphatic rings. The fraction of sp³-hybridized carbons (Fsp3) is 0. The highest BCUT2D eigenvalue weighted by atomic mass is 35.5. The monoisotopic (exact) mass is 256 g/mol. The molecule has 5 heteroatoms. The third-order valence-corrected chi connectivity index (χ3v) is 2.96. The maximum Gasteiger partial charge on any atom is 0.163 e. The van der Waals surface area contributed by atoms with Crippen LogP contribution in [0.1, 0.15) is 0 Å². The van der Waals surface area contributed by atoms with Gasteiger partial charge in [0.05, 0.1) is 10.5 Å². The first-order valence-corrected chi connectivity index (χ1v) is 5.75. The smallest absolute Gasteiger partial charge is 0.163 e. The molecule has 2 heterocycles. The summed E-state index contributed by atoms with van der Waals surface area (Å²) in [6.07, 6.45) is 3.34. The van der Waals surface area contributed by atoms with E-state index in [4.69, 9.17) is 17.3 Å². The Balaban J connectivity index is 2.33. The molecule has 88 valence electrons. The Labute approximate surface area is 108 Å². The summed E-state index contributed by atoms with van der Waals surface area (Å²) in [6.45, 7) is 0. The van der Waals surface area contributed by atoms with Crippen molar-refractivity contribution in [3.05, 3.63) is 47.7 Å². The van der Waals surface area contributed by atoms with Crippen LogP contribution < -0.4 is 5.73 Å². The summed E-state index contributed by atoms with van der Waals surface area (Å²) in [6, 6.07) is 9.08. The van der Waals surface area contributed by atoms with Gasteiger partial charge in [-0.3, -0.25) is 4.98 Å². The van der Waals surface area contributed by atoms with E-state index in [1.807, 2.05) is 24.3 Å². The van der Waals surface area contributed by atoms with Crippen molar-refractivity contribution in [3.8, 4) is 11.4 Å². The van der Waals surface area contributed by atoms with Gasteiger partial charge in [-0.1, -0.05) is 11.6 Å². The normalized spacial score (nSPS) is 10.7. The second-order valence-electron chi connectivity index (χ2n) is 3.80. The molecule has 0 saturated carbocycles. The van der Waals surface area contributed by atoms with Crippen LogP contribution in [-0.4, -0.2) is 15.0 Å². The van der Waals surface area contributed by atoms with Gasteiger partial charge in [0.25, 0.3) is 0 Å². The molecule has 1 aromatic carbocycles. The van der Waals surface area contributed by atoms with Gasteiger partial charge in [0.15, 0.2) is 5.82 Å². The molecule has 0 fully saturated rings. The molecule has 3 aromatic rings. The first kappa shape index (κ1) is 10.9. The van der Waals surface area contributed by atoms with Gasteiger partial charge in [0.1, 0.15) is 5.82 Å². The quantitative estimate of drug-likeness (QED) is 0.727. The predicted molar refractivity (Wildman–Crippen MR) is 72.2 cm³/mol. The largest absolute Gasteiger partial charge is 0.384 e. The van der Waals surface area contributed by atoms with E-state index < -0.39 is 0 Å². The van der Waals surface area contributed by atoms with Gasteiger partial charge in [0, 0.05) is 23.3 Å². The van der Waals surface area contributed by atoms with Gasteiger partial charge in [-0.2, -0.15) is 0 Å². The Bertz CT molecular complexity index is 727. The van der Waals surface area contributed by atoms with Crippen LogP contribution in [0.15, 0.2) is 42.7 Å². The van der Waals surface area contributed by atoms with E-state index in [0.717, 1.165) is 16.5 Å². The van der Waals surface area contributed by atoms with Crippen LogP contribution in [0, 0.1) is 0 Å². The Hall–Kier alpha value is -2.20. The number of halogens is 1. The van der Waals surface area contributed by atoms with Crippen molar-refractivity contribution in [1.82, 2.24) is 15.0 Å². The van der Waals surface area contributed by atoms with Crippen molar-refractivity contribution in [3.63, 3.8) is 0 Å². The van der Waals surface area contributed by atoms with Crippen molar-refractivity contribution in [2.75, 3.05) is 5.73 Å². The highest BCUT2D eigenvalue weighted by Crippen LogP contribution is 2.29. The van der Waals surface area contributed by atoms with Gasteiger partial charge in [-0.15, -0.1) is 0 Å². The SMILES string of the molecule is Nc1ccnc(-c2ccc(Cl)c3cccnc23)n1. The lowest BCUT2D eigenvalue weighted by Gasteiger charge is -2.06. The third-order valence-electron chi connectivity index (χ3n) is 2.63. The molecule has 3 rings (SSSR count). The zero-order valence-corrected chi connectivity index (χ0v) is 10.1. The second kappa shape index (κ2) is 4.23. The Kier molecular flexibility index (Phi) is 2.57. The Morgan fingerprint density at radius 3 is 2.72 bits per heavy atom. The Morgan fingerprint density at radius 1 is 1.00 bits per heavy atom. The summed E-state index contributed by atoms with van der Waals surface area (Å²) >= 11 is 6.14. The van der Waals surface area contributed by atoms with E-state index in [1.165, 1.54) is 0 Å². The molecule has 0 aliphatic carbocycles. The molecule has 0 aliphatic heterocycles. The van der Waals surface area contributed by atoms with Crippen LogP contribution in [0.5, 0.6) is 0 Å². The average molecular weight is 257 g/mol. The minimum atomic E-state index is 0.430. The number of aromatic nitrogens is 3. The van der Waals surface area contributed by atoms with E-state index >= 15 is 0 Å². The van der Waals surface area contributed by atoms with Crippen LogP contribution >= 0.6 is 11.6 Å². The molecule has 0 spiro atoms. The molecule has 4 nitrogen and oxygen atoms in total. The molecule has 2 N–H and O–H groups in total. The maximum atomic E-state index is 6.14. The molecule has 0 unspecified atom stereocenters. The van der Waals surface area contributed by atoms with E-state index in [1.54, 1.807) is 18.5 Å². The summed E-state index contributed by atoms with van der Waals surface area (Å²) in [4.78, 5) is 12.8. The van der Waals surface area contributed by atoms with Crippen molar-refractivity contribution in [1.29, 1.82) is 0 Å². The molecular formula is C13H9ClN4. The molecule has 0 amide bonds. The summed E-state index contributed by atoms with van der Waals surface area (Å²) < 4.78 is 0. The minimum absolute atomic E-state index is 0.430. The number of hydrogen-bond donors (Lipinski definition) is 1. The van der Waals surface area contributed by atoms with E-state index in [2.05, 4.69) is 15.0 Å². The number of nitrogens with two attached hydrogens (primary N) is 1. The van der Waals surface area contributed by atoms with Gasteiger partial charge in [-0.25, -0.2) is 9.97 Å². The topological polar surface area (TPSA) is 64.7 Å². The van der Waals surface area contributed by atoms with Gasteiger partial charge >= 0.3 is 0 Å². The average Bonchev–Trinajstić information content (AvgIpc) is 2.39. The van der Waals surface area contributed by atoms with Crippen LogP contribution in [0.2, 0.25) is 5.02 Å². The van der Waals surface area contributed by atoms with Crippen molar-refractivity contribution in [2.45, 2.75) is 0 Å². The third kappa shape index (κ3) is 1.76. The fourth-order valence-electron chi connectivity index (χ4n) is 1.82. The van der Waals surface area contributed by atoms with Gasteiger partial charge < -0.3 is 5.73 Å². The molecule has 2 aromatic heterocycles. The number of rotatable bonds is 1. The molecule has 0 radical (unpaired) electrons. The lowest BCUT2D eigenvalue weighted by Crippen LogP contribution is -1.95. The number of pyridine rings is 1. The van der Waals surface area contributed by atoms with Crippen LogP contribution in [-0.2, 0) is 0 Å². The van der Waals surface area contributed by atoms with Crippen molar-refractivity contribution >= 4 is 28.3 Å². The minimum Gasteiger partial charge on any atom is -0.384 e. The molecular weight excluding hydrogens is 248 g/mol. The number of benzene rings is 1. The summed E-state index contributed by atoms with van der Waals surface area (Å²) in [5.74, 6) is 0.981. The van der Waals surface area contributed by atoms with Crippen LogP contribution in [0.3, 0.4) is 0 Å². The predicted octanol–water partition coefficient (Wildman–Crippen LogP) is 2.93. The molecule has 0 bridgehead atoms. The standard InChI is InChI=1S/C13H9ClN4/c14-10-4-3-9(12-8(10)2-1-6-16-12)13-17-7-5-11(15)18-13/h1-7H,(H2,15,17,18). The van der Waals surface area contributed by atoms with E-state index in [0.29, 0.717) is 16.7 Å². The first-order valence-electron chi connectivity index (χ1n) is 5.38. The highest BCUT2D eigenvalue weighted by Gasteiger charge is 2.09. The summed E-state index contributed by atoms with van der Waals surface area (Å²) in [5.41, 5.74) is 7.27. The second-order valence-corrected chi connectivity index (χ2v) is 4.21. The molecule has 0 atom stereocenters. The zero-order chi connectivity index (χ0) is 12.5. The van der Waals surface area contributed by atoms with Crippen LogP contribution in [0.4, 0.5) is 5.82 Å². The van der Waals surface area contributed by atoms with Gasteiger partial charge in [0.2, 0.25) is 0 Å². The summed E-state index contributed by atoms with van der Waals surface area (Å²) in [5, 5.41) is 1.54. The van der Waals surface area contributed by atoms with E-state index in [9.17, 15) is 0 Å².